The van der Waals surface area contributed by atoms with Crippen molar-refractivity contribution in [1.82, 2.24) is 9.78 Å². The van der Waals surface area contributed by atoms with E-state index in [9.17, 15) is 10.1 Å². The normalized spacial score (nSPS) is 10.3. The van der Waals surface area contributed by atoms with Gasteiger partial charge in [0.05, 0.1) is 23.8 Å². The van der Waals surface area contributed by atoms with Crippen molar-refractivity contribution in [3.05, 3.63) is 45.8 Å². The summed E-state index contributed by atoms with van der Waals surface area (Å²) in [5, 5.41) is 18.3. The molecule has 1 aromatic carbocycles. The Morgan fingerprint density at radius 3 is 2.75 bits per heavy atom. The third kappa shape index (κ3) is 3.05. The topological polar surface area (TPSA) is 82.2 Å². The molecule has 0 saturated heterocycles. The lowest BCUT2D eigenvalue weighted by Gasteiger charge is -2.07. The van der Waals surface area contributed by atoms with Crippen LogP contribution in [0, 0.1) is 17.0 Å². The number of aryl methyl sites for hydroxylation is 2. The first-order chi connectivity index (χ1) is 9.49. The SMILES string of the molecule is COc1cc(NCc2cn(C)nc2C)cc([N+](=O)[O-])c1. The highest BCUT2D eigenvalue weighted by Gasteiger charge is 2.10. The van der Waals surface area contributed by atoms with Crippen molar-refractivity contribution in [2.24, 2.45) is 7.05 Å². The fourth-order valence-corrected chi connectivity index (χ4v) is 1.93. The van der Waals surface area contributed by atoms with Gasteiger partial charge in [0.1, 0.15) is 5.75 Å². The maximum atomic E-state index is 10.9. The van der Waals surface area contributed by atoms with Gasteiger partial charge in [0, 0.05) is 43.2 Å². The van der Waals surface area contributed by atoms with Crippen LogP contribution in [-0.2, 0) is 13.6 Å². The number of nitro groups is 1. The van der Waals surface area contributed by atoms with E-state index in [1.54, 1.807) is 10.7 Å². The number of nitro benzene ring substituents is 1. The van der Waals surface area contributed by atoms with Gasteiger partial charge >= 0.3 is 0 Å². The summed E-state index contributed by atoms with van der Waals surface area (Å²) in [4.78, 5) is 10.4. The standard InChI is InChI=1S/C13H16N4O3/c1-9-10(8-16(2)15-9)7-14-11-4-12(17(18)19)6-13(5-11)20-3/h4-6,8,14H,7H2,1-3H3. The minimum atomic E-state index is -0.441. The number of nitrogens with zero attached hydrogens (tertiary/aromatic N) is 3. The van der Waals surface area contributed by atoms with Gasteiger partial charge in [-0.2, -0.15) is 5.10 Å². The van der Waals surface area contributed by atoms with Crippen molar-refractivity contribution in [2.75, 3.05) is 12.4 Å². The maximum Gasteiger partial charge on any atom is 0.275 e. The monoisotopic (exact) mass is 276 g/mol. The Labute approximate surface area is 116 Å². The maximum absolute atomic E-state index is 10.9. The van der Waals surface area contributed by atoms with Crippen molar-refractivity contribution >= 4 is 11.4 Å². The summed E-state index contributed by atoms with van der Waals surface area (Å²) >= 11 is 0. The second kappa shape index (κ2) is 5.60. The number of methoxy groups -OCH3 is 1. The van der Waals surface area contributed by atoms with Crippen molar-refractivity contribution in [2.45, 2.75) is 13.5 Å². The molecule has 7 heteroatoms. The minimum absolute atomic E-state index is 0.00485. The van der Waals surface area contributed by atoms with E-state index in [0.717, 1.165) is 11.3 Å². The van der Waals surface area contributed by atoms with Gasteiger partial charge in [0.15, 0.2) is 0 Å². The number of ether oxygens (including phenoxy) is 1. The van der Waals surface area contributed by atoms with Gasteiger partial charge in [0.2, 0.25) is 0 Å². The van der Waals surface area contributed by atoms with Crippen LogP contribution in [0.2, 0.25) is 0 Å². The van der Waals surface area contributed by atoms with Crippen molar-refractivity contribution in [1.29, 1.82) is 0 Å². The zero-order chi connectivity index (χ0) is 14.7. The molecule has 0 amide bonds. The summed E-state index contributed by atoms with van der Waals surface area (Å²) in [6, 6.07) is 4.59. The first-order valence-electron chi connectivity index (χ1n) is 6.06. The lowest BCUT2D eigenvalue weighted by molar-refractivity contribution is -0.384. The Kier molecular flexibility index (Phi) is 3.88. The average Bonchev–Trinajstić information content (AvgIpc) is 2.74. The van der Waals surface area contributed by atoms with Crippen LogP contribution in [-0.4, -0.2) is 21.8 Å². The fourth-order valence-electron chi connectivity index (χ4n) is 1.93. The lowest BCUT2D eigenvalue weighted by atomic mass is 10.2. The van der Waals surface area contributed by atoms with E-state index in [1.165, 1.54) is 19.2 Å². The third-order valence-corrected chi connectivity index (χ3v) is 2.94. The number of benzene rings is 1. The molecule has 0 aliphatic carbocycles. The molecule has 1 N–H and O–H groups in total. The van der Waals surface area contributed by atoms with Crippen molar-refractivity contribution in [3.8, 4) is 5.75 Å². The Balaban J connectivity index is 2.18. The van der Waals surface area contributed by atoms with Crippen LogP contribution in [0.15, 0.2) is 24.4 Å². The van der Waals surface area contributed by atoms with Gasteiger partial charge in [0.25, 0.3) is 5.69 Å². The number of anilines is 1. The highest BCUT2D eigenvalue weighted by molar-refractivity contribution is 5.56. The number of hydrogen-bond donors (Lipinski definition) is 1. The number of rotatable bonds is 5. The van der Waals surface area contributed by atoms with E-state index in [1.807, 2.05) is 20.2 Å². The zero-order valence-corrected chi connectivity index (χ0v) is 11.6. The highest BCUT2D eigenvalue weighted by Crippen LogP contribution is 2.26. The van der Waals surface area contributed by atoms with Crippen LogP contribution in [0.4, 0.5) is 11.4 Å². The summed E-state index contributed by atoms with van der Waals surface area (Å²) in [5.41, 5.74) is 2.60. The van der Waals surface area contributed by atoms with Gasteiger partial charge in [-0.1, -0.05) is 0 Å². The molecular weight excluding hydrogens is 260 g/mol. The second-order valence-corrected chi connectivity index (χ2v) is 4.44. The molecule has 7 nitrogen and oxygen atoms in total. The predicted octanol–water partition coefficient (Wildman–Crippen LogP) is 2.26. The van der Waals surface area contributed by atoms with Crippen LogP contribution < -0.4 is 10.1 Å². The van der Waals surface area contributed by atoms with E-state index in [-0.39, 0.29) is 5.69 Å². The van der Waals surface area contributed by atoms with Gasteiger partial charge in [-0.05, 0) is 6.92 Å². The van der Waals surface area contributed by atoms with Crippen LogP contribution in [0.25, 0.3) is 0 Å². The molecule has 0 radical (unpaired) electrons. The van der Waals surface area contributed by atoms with Gasteiger partial charge in [-0.25, -0.2) is 0 Å². The third-order valence-electron chi connectivity index (χ3n) is 2.94. The van der Waals surface area contributed by atoms with Crippen LogP contribution in [0.5, 0.6) is 5.75 Å². The quantitative estimate of drug-likeness (QED) is 0.669. The van der Waals surface area contributed by atoms with E-state index >= 15 is 0 Å². The van der Waals surface area contributed by atoms with Gasteiger partial charge in [-0.3, -0.25) is 14.8 Å². The molecule has 20 heavy (non-hydrogen) atoms. The summed E-state index contributed by atoms with van der Waals surface area (Å²) in [7, 11) is 3.33. The minimum Gasteiger partial charge on any atom is -0.496 e. The number of aromatic nitrogens is 2. The van der Waals surface area contributed by atoms with E-state index in [2.05, 4.69) is 10.4 Å². The molecule has 0 unspecified atom stereocenters. The average molecular weight is 276 g/mol. The summed E-state index contributed by atoms with van der Waals surface area (Å²) in [6.45, 7) is 2.47. The first-order valence-corrected chi connectivity index (χ1v) is 6.06. The predicted molar refractivity (Wildman–Crippen MR) is 74.9 cm³/mol. The van der Waals surface area contributed by atoms with Gasteiger partial charge in [-0.15, -0.1) is 0 Å². The number of nitrogens with one attached hydrogen (secondary N) is 1. The summed E-state index contributed by atoms with van der Waals surface area (Å²) < 4.78 is 6.80. The smallest absolute Gasteiger partial charge is 0.275 e. The van der Waals surface area contributed by atoms with E-state index in [4.69, 9.17) is 4.74 Å². The highest BCUT2D eigenvalue weighted by atomic mass is 16.6. The summed E-state index contributed by atoms with van der Waals surface area (Å²) in [6.07, 6.45) is 1.91. The number of non-ortho nitro benzene ring substituents is 1. The first kappa shape index (κ1) is 13.9. The molecule has 0 aliphatic heterocycles. The van der Waals surface area contributed by atoms with Crippen molar-refractivity contribution < 1.29 is 9.66 Å². The van der Waals surface area contributed by atoms with E-state index in [0.29, 0.717) is 18.0 Å². The molecule has 0 fully saturated rings. The number of hydrogen-bond acceptors (Lipinski definition) is 5. The molecule has 1 heterocycles. The summed E-state index contributed by atoms with van der Waals surface area (Å²) in [5.74, 6) is 0.449. The largest absolute Gasteiger partial charge is 0.496 e. The molecule has 0 saturated carbocycles. The lowest BCUT2D eigenvalue weighted by Crippen LogP contribution is -2.01. The van der Waals surface area contributed by atoms with Gasteiger partial charge < -0.3 is 10.1 Å². The Morgan fingerprint density at radius 1 is 1.45 bits per heavy atom. The molecule has 106 valence electrons. The zero-order valence-electron chi connectivity index (χ0n) is 11.6. The molecule has 2 rings (SSSR count). The van der Waals surface area contributed by atoms with Crippen LogP contribution in [0.1, 0.15) is 11.3 Å². The van der Waals surface area contributed by atoms with Crippen molar-refractivity contribution in [3.63, 3.8) is 0 Å². The molecule has 0 bridgehead atoms. The second-order valence-electron chi connectivity index (χ2n) is 4.44. The molecule has 2 aromatic rings. The Morgan fingerprint density at radius 2 is 2.20 bits per heavy atom. The van der Waals surface area contributed by atoms with E-state index < -0.39 is 4.92 Å². The Bertz CT molecular complexity index is 637. The molecule has 0 aliphatic rings. The van der Waals surface area contributed by atoms with Crippen LogP contribution in [0.3, 0.4) is 0 Å². The Hall–Kier alpha value is -2.57. The molecule has 0 atom stereocenters. The fraction of sp³-hybridized carbons (Fsp3) is 0.308. The van der Waals surface area contributed by atoms with Crippen LogP contribution >= 0.6 is 0 Å². The molecular formula is C13H16N4O3. The molecule has 0 spiro atoms. The molecule has 1 aromatic heterocycles.